The van der Waals surface area contributed by atoms with E-state index in [0.29, 0.717) is 39.3 Å². The summed E-state index contributed by atoms with van der Waals surface area (Å²) in [6.07, 6.45) is 4.24. The molecule has 1 aliphatic heterocycles. The van der Waals surface area contributed by atoms with Crippen LogP contribution in [0.25, 0.3) is 28.2 Å². The minimum Gasteiger partial charge on any atom is -0.493 e. The third-order valence-electron chi connectivity index (χ3n) is 5.63. The first-order valence-electron chi connectivity index (χ1n) is 10.7. The summed E-state index contributed by atoms with van der Waals surface area (Å²) in [5, 5.41) is 20.3. The standard InChI is InChI=1S/C26H28O7/c1-25(2)9-8-16-10-17-21(12-20(16)33-25)31-13-18(24(17)28)15-6-7-19(22(11-15)30-5)32-14-23(27)26(3,4)29/h6-13,23,27,29H,14H2,1-5H3. The highest BCUT2D eigenvalue weighted by Gasteiger charge is 2.26. The minimum atomic E-state index is -1.30. The van der Waals surface area contributed by atoms with Crippen LogP contribution in [0.5, 0.6) is 17.2 Å². The summed E-state index contributed by atoms with van der Waals surface area (Å²) in [4.78, 5) is 13.3. The largest absolute Gasteiger partial charge is 0.493 e. The second-order valence-corrected chi connectivity index (χ2v) is 9.25. The van der Waals surface area contributed by atoms with Gasteiger partial charge in [0.2, 0.25) is 5.43 Å². The molecule has 0 saturated carbocycles. The first-order valence-corrected chi connectivity index (χ1v) is 10.7. The topological polar surface area (TPSA) is 98.4 Å². The average Bonchev–Trinajstić information content (AvgIpc) is 2.75. The fraction of sp³-hybridized carbons (Fsp3) is 0.346. The first kappa shape index (κ1) is 22.9. The number of hydrogen-bond acceptors (Lipinski definition) is 7. The van der Waals surface area contributed by atoms with Gasteiger partial charge in [0.15, 0.2) is 11.5 Å². The minimum absolute atomic E-state index is 0.116. The molecule has 174 valence electrons. The zero-order valence-electron chi connectivity index (χ0n) is 19.3. The van der Waals surface area contributed by atoms with Crippen LogP contribution in [0.4, 0.5) is 0 Å². The smallest absolute Gasteiger partial charge is 0.200 e. The molecular formula is C26H28O7. The molecule has 1 aliphatic rings. The molecule has 0 saturated heterocycles. The first-order chi connectivity index (χ1) is 15.5. The van der Waals surface area contributed by atoms with Crippen molar-refractivity contribution in [3.05, 3.63) is 58.5 Å². The molecule has 1 aromatic heterocycles. The maximum atomic E-state index is 13.3. The summed E-state index contributed by atoms with van der Waals surface area (Å²) < 4.78 is 22.8. The lowest BCUT2D eigenvalue weighted by molar-refractivity contribution is -0.0663. The second kappa shape index (κ2) is 8.24. The van der Waals surface area contributed by atoms with E-state index in [9.17, 15) is 15.0 Å². The molecule has 2 heterocycles. The maximum Gasteiger partial charge on any atom is 0.200 e. The summed E-state index contributed by atoms with van der Waals surface area (Å²) in [6.45, 7) is 6.81. The fourth-order valence-corrected chi connectivity index (χ4v) is 3.53. The molecule has 1 atom stereocenters. The van der Waals surface area contributed by atoms with Gasteiger partial charge in [0.25, 0.3) is 0 Å². The Labute approximate surface area is 191 Å². The molecule has 1 unspecified atom stereocenters. The molecule has 7 nitrogen and oxygen atoms in total. The number of fused-ring (bicyclic) bond motifs is 2. The number of benzene rings is 2. The molecule has 33 heavy (non-hydrogen) atoms. The van der Waals surface area contributed by atoms with Crippen LogP contribution < -0.4 is 19.6 Å². The molecular weight excluding hydrogens is 424 g/mol. The molecule has 0 amide bonds. The number of methoxy groups -OCH3 is 1. The van der Waals surface area contributed by atoms with Gasteiger partial charge in [-0.3, -0.25) is 4.79 Å². The molecule has 0 aliphatic carbocycles. The zero-order chi connectivity index (χ0) is 24.0. The summed E-state index contributed by atoms with van der Waals surface area (Å²) in [5.41, 5.74) is 0.342. The van der Waals surface area contributed by atoms with Gasteiger partial charge in [0.05, 0.1) is 23.7 Å². The predicted octanol–water partition coefficient (Wildman–Crippen LogP) is 4.16. The van der Waals surface area contributed by atoms with E-state index in [0.717, 1.165) is 5.56 Å². The summed E-state index contributed by atoms with van der Waals surface area (Å²) in [5.74, 6) is 1.44. The van der Waals surface area contributed by atoms with Crippen molar-refractivity contribution in [2.75, 3.05) is 13.7 Å². The van der Waals surface area contributed by atoms with Crippen LogP contribution in [0, 0.1) is 0 Å². The van der Waals surface area contributed by atoms with Gasteiger partial charge >= 0.3 is 0 Å². The van der Waals surface area contributed by atoms with Crippen molar-refractivity contribution in [2.24, 2.45) is 0 Å². The molecule has 0 bridgehead atoms. The summed E-state index contributed by atoms with van der Waals surface area (Å²) in [6, 6.07) is 8.57. The summed E-state index contributed by atoms with van der Waals surface area (Å²) in [7, 11) is 1.49. The van der Waals surface area contributed by atoms with Gasteiger partial charge in [-0.2, -0.15) is 0 Å². The Bertz CT molecular complexity index is 1280. The van der Waals surface area contributed by atoms with Crippen molar-refractivity contribution in [3.63, 3.8) is 0 Å². The van der Waals surface area contributed by atoms with E-state index in [4.69, 9.17) is 18.6 Å². The highest BCUT2D eigenvalue weighted by atomic mass is 16.5. The average molecular weight is 453 g/mol. The molecule has 2 aromatic carbocycles. The Balaban J connectivity index is 1.69. The SMILES string of the molecule is COc1cc(-c2coc3cc4c(cc3c2=O)C=CC(C)(C)O4)ccc1OCC(O)C(C)(C)O. The lowest BCUT2D eigenvalue weighted by Crippen LogP contribution is -2.40. The van der Waals surface area contributed by atoms with Crippen LogP contribution in [0.15, 0.2) is 51.9 Å². The molecule has 2 N–H and O–H groups in total. The predicted molar refractivity (Wildman–Crippen MR) is 126 cm³/mol. The lowest BCUT2D eigenvalue weighted by Gasteiger charge is -2.27. The Morgan fingerprint density at radius 1 is 1.15 bits per heavy atom. The number of aliphatic hydroxyl groups excluding tert-OH is 1. The van der Waals surface area contributed by atoms with Crippen molar-refractivity contribution in [2.45, 2.75) is 45.0 Å². The lowest BCUT2D eigenvalue weighted by atomic mass is 9.99. The summed E-state index contributed by atoms with van der Waals surface area (Å²) >= 11 is 0. The Morgan fingerprint density at radius 3 is 2.61 bits per heavy atom. The third kappa shape index (κ3) is 4.60. The highest BCUT2D eigenvalue weighted by molar-refractivity contribution is 5.86. The van der Waals surface area contributed by atoms with Crippen LogP contribution in [0.3, 0.4) is 0 Å². The van der Waals surface area contributed by atoms with Crippen LogP contribution >= 0.6 is 0 Å². The van der Waals surface area contributed by atoms with Crippen molar-refractivity contribution in [3.8, 4) is 28.4 Å². The number of aliphatic hydroxyl groups is 2. The van der Waals surface area contributed by atoms with Crippen LogP contribution in [0.2, 0.25) is 0 Å². The van der Waals surface area contributed by atoms with E-state index < -0.39 is 17.3 Å². The van der Waals surface area contributed by atoms with E-state index in [1.165, 1.54) is 27.2 Å². The second-order valence-electron chi connectivity index (χ2n) is 9.25. The van der Waals surface area contributed by atoms with Crippen molar-refractivity contribution in [1.82, 2.24) is 0 Å². The maximum absolute atomic E-state index is 13.3. The quantitative estimate of drug-likeness (QED) is 0.579. The molecule has 0 radical (unpaired) electrons. The van der Waals surface area contributed by atoms with Gasteiger partial charge in [-0.25, -0.2) is 0 Å². The third-order valence-corrected chi connectivity index (χ3v) is 5.63. The molecule has 7 heteroatoms. The zero-order valence-corrected chi connectivity index (χ0v) is 19.3. The van der Waals surface area contributed by atoms with Gasteiger partial charge in [-0.05, 0) is 57.5 Å². The van der Waals surface area contributed by atoms with Gasteiger partial charge in [0.1, 0.15) is 35.9 Å². The van der Waals surface area contributed by atoms with E-state index in [1.54, 1.807) is 30.3 Å². The van der Waals surface area contributed by atoms with E-state index >= 15 is 0 Å². The number of rotatable bonds is 6. The monoisotopic (exact) mass is 452 g/mol. The van der Waals surface area contributed by atoms with Gasteiger partial charge in [-0.1, -0.05) is 12.1 Å². The fourth-order valence-electron chi connectivity index (χ4n) is 3.53. The van der Waals surface area contributed by atoms with Gasteiger partial charge in [-0.15, -0.1) is 0 Å². The van der Waals surface area contributed by atoms with Crippen molar-refractivity contribution >= 4 is 17.0 Å². The van der Waals surface area contributed by atoms with Gasteiger partial charge < -0.3 is 28.8 Å². The normalized spacial score (nSPS) is 15.6. The molecule has 0 spiro atoms. The van der Waals surface area contributed by atoms with E-state index in [1.807, 2.05) is 26.0 Å². The molecule has 4 rings (SSSR count). The number of hydrogen-bond donors (Lipinski definition) is 2. The molecule has 0 fully saturated rings. The highest BCUT2D eigenvalue weighted by Crippen LogP contribution is 2.36. The van der Waals surface area contributed by atoms with Crippen molar-refractivity contribution < 1.29 is 28.8 Å². The Kier molecular flexibility index (Phi) is 5.72. The Morgan fingerprint density at radius 2 is 1.91 bits per heavy atom. The van der Waals surface area contributed by atoms with E-state index in [-0.39, 0.29) is 12.0 Å². The van der Waals surface area contributed by atoms with Crippen LogP contribution in [-0.4, -0.2) is 41.2 Å². The molecule has 3 aromatic rings. The number of ether oxygens (including phenoxy) is 3. The van der Waals surface area contributed by atoms with Gasteiger partial charge in [0, 0.05) is 11.6 Å². The van der Waals surface area contributed by atoms with Crippen molar-refractivity contribution in [1.29, 1.82) is 0 Å². The van der Waals surface area contributed by atoms with Crippen LogP contribution in [-0.2, 0) is 0 Å². The van der Waals surface area contributed by atoms with Crippen LogP contribution in [0.1, 0.15) is 33.3 Å². The van der Waals surface area contributed by atoms with E-state index in [2.05, 4.69) is 0 Å². The Hall–Kier alpha value is -3.29.